The standard InChI is InChI=1S/C16H17ClINO2/c1-11-7-15(5-6-16(11)17)21-10-14(20)9-19-13-4-2-3-12(18)8-13/h2-8,14,19-20H,9-10H2,1H3. The summed E-state index contributed by atoms with van der Waals surface area (Å²) in [5, 5.41) is 13.8. The molecule has 0 aliphatic rings. The maximum Gasteiger partial charge on any atom is 0.119 e. The lowest BCUT2D eigenvalue weighted by Gasteiger charge is -2.14. The van der Waals surface area contributed by atoms with E-state index in [2.05, 4.69) is 27.9 Å². The van der Waals surface area contributed by atoms with Crippen molar-refractivity contribution in [1.29, 1.82) is 0 Å². The third kappa shape index (κ3) is 5.37. The van der Waals surface area contributed by atoms with Crippen molar-refractivity contribution in [1.82, 2.24) is 0 Å². The van der Waals surface area contributed by atoms with Crippen LogP contribution in [0.2, 0.25) is 5.02 Å². The molecule has 1 atom stereocenters. The summed E-state index contributed by atoms with van der Waals surface area (Å²) in [6.07, 6.45) is -0.584. The molecule has 21 heavy (non-hydrogen) atoms. The minimum absolute atomic E-state index is 0.234. The van der Waals surface area contributed by atoms with Crippen molar-refractivity contribution in [2.45, 2.75) is 13.0 Å². The van der Waals surface area contributed by atoms with Crippen molar-refractivity contribution in [3.05, 3.63) is 56.6 Å². The highest BCUT2D eigenvalue weighted by atomic mass is 127. The number of benzene rings is 2. The maximum absolute atomic E-state index is 9.95. The second-order valence-electron chi connectivity index (χ2n) is 4.77. The zero-order valence-electron chi connectivity index (χ0n) is 11.6. The van der Waals surface area contributed by atoms with E-state index < -0.39 is 6.10 Å². The van der Waals surface area contributed by atoms with Crippen LogP contribution in [0.1, 0.15) is 5.56 Å². The summed E-state index contributed by atoms with van der Waals surface area (Å²) in [5.74, 6) is 0.713. The maximum atomic E-state index is 9.95. The van der Waals surface area contributed by atoms with Crippen molar-refractivity contribution in [2.75, 3.05) is 18.5 Å². The summed E-state index contributed by atoms with van der Waals surface area (Å²) >= 11 is 8.21. The van der Waals surface area contributed by atoms with E-state index in [-0.39, 0.29) is 6.61 Å². The minimum Gasteiger partial charge on any atom is -0.491 e. The molecule has 0 aromatic heterocycles. The first kappa shape index (κ1) is 16.4. The van der Waals surface area contributed by atoms with Crippen LogP contribution in [-0.2, 0) is 0 Å². The average Bonchev–Trinajstić information content (AvgIpc) is 2.46. The van der Waals surface area contributed by atoms with Gasteiger partial charge in [0.05, 0.1) is 0 Å². The number of hydrogen-bond donors (Lipinski definition) is 2. The Morgan fingerprint density at radius 3 is 2.81 bits per heavy atom. The normalized spacial score (nSPS) is 12.0. The van der Waals surface area contributed by atoms with Gasteiger partial charge in [0, 0.05) is 20.8 Å². The van der Waals surface area contributed by atoms with E-state index in [0.717, 1.165) is 14.8 Å². The number of rotatable bonds is 6. The Morgan fingerprint density at radius 1 is 1.29 bits per heavy atom. The van der Waals surface area contributed by atoms with Gasteiger partial charge in [-0.1, -0.05) is 17.7 Å². The summed E-state index contributed by atoms with van der Waals surface area (Å²) in [6.45, 7) is 2.59. The van der Waals surface area contributed by atoms with Crippen molar-refractivity contribution in [3.63, 3.8) is 0 Å². The van der Waals surface area contributed by atoms with Gasteiger partial charge in [-0.15, -0.1) is 0 Å². The molecule has 0 saturated carbocycles. The lowest BCUT2D eigenvalue weighted by Crippen LogP contribution is -2.26. The van der Waals surface area contributed by atoms with Crippen LogP contribution in [0.4, 0.5) is 5.69 Å². The highest BCUT2D eigenvalue weighted by Gasteiger charge is 2.06. The second-order valence-corrected chi connectivity index (χ2v) is 6.42. The highest BCUT2D eigenvalue weighted by molar-refractivity contribution is 14.1. The van der Waals surface area contributed by atoms with Crippen LogP contribution < -0.4 is 10.1 Å². The monoisotopic (exact) mass is 417 g/mol. The van der Waals surface area contributed by atoms with Crippen molar-refractivity contribution in [2.24, 2.45) is 0 Å². The number of aliphatic hydroxyl groups excluding tert-OH is 1. The van der Waals surface area contributed by atoms with Crippen LogP contribution >= 0.6 is 34.2 Å². The molecule has 112 valence electrons. The van der Waals surface area contributed by atoms with Gasteiger partial charge >= 0.3 is 0 Å². The largest absolute Gasteiger partial charge is 0.491 e. The fourth-order valence-corrected chi connectivity index (χ4v) is 2.45. The molecule has 0 fully saturated rings. The topological polar surface area (TPSA) is 41.5 Å². The molecule has 2 aromatic rings. The number of halogens is 2. The lowest BCUT2D eigenvalue weighted by atomic mass is 10.2. The molecule has 2 rings (SSSR count). The van der Waals surface area contributed by atoms with Crippen molar-refractivity contribution >= 4 is 39.9 Å². The Bertz CT molecular complexity index is 607. The summed E-state index contributed by atoms with van der Waals surface area (Å²) in [7, 11) is 0. The van der Waals surface area contributed by atoms with Gasteiger partial charge in [0.2, 0.25) is 0 Å². The van der Waals surface area contributed by atoms with Crippen molar-refractivity contribution in [3.8, 4) is 5.75 Å². The number of ether oxygens (including phenoxy) is 1. The fourth-order valence-electron chi connectivity index (χ4n) is 1.79. The Balaban J connectivity index is 1.79. The summed E-state index contributed by atoms with van der Waals surface area (Å²) in [4.78, 5) is 0. The summed E-state index contributed by atoms with van der Waals surface area (Å²) < 4.78 is 6.72. The van der Waals surface area contributed by atoms with E-state index in [1.54, 1.807) is 12.1 Å². The Hall–Kier alpha value is -0.980. The molecule has 5 heteroatoms. The molecule has 3 nitrogen and oxygen atoms in total. The predicted octanol–water partition coefficient (Wildman–Crippen LogP) is 4.10. The van der Waals surface area contributed by atoms with Crippen LogP contribution in [0.3, 0.4) is 0 Å². The van der Waals surface area contributed by atoms with E-state index in [4.69, 9.17) is 16.3 Å². The van der Waals surface area contributed by atoms with Crippen LogP contribution in [0, 0.1) is 10.5 Å². The molecule has 0 spiro atoms. The number of anilines is 1. The second kappa shape index (κ2) is 7.87. The molecule has 2 N–H and O–H groups in total. The fraction of sp³-hybridized carbons (Fsp3) is 0.250. The third-order valence-corrected chi connectivity index (χ3v) is 4.03. The van der Waals surface area contributed by atoms with Gasteiger partial charge in [0.1, 0.15) is 18.5 Å². The third-order valence-electron chi connectivity index (χ3n) is 2.94. The van der Waals surface area contributed by atoms with Crippen LogP contribution in [0.15, 0.2) is 42.5 Å². The van der Waals surface area contributed by atoms with E-state index >= 15 is 0 Å². The summed E-state index contributed by atoms with van der Waals surface area (Å²) in [5.41, 5.74) is 1.95. The van der Waals surface area contributed by atoms with Crippen LogP contribution in [-0.4, -0.2) is 24.4 Å². The first-order valence-electron chi connectivity index (χ1n) is 6.61. The molecule has 0 amide bonds. The van der Waals surface area contributed by atoms with E-state index in [0.29, 0.717) is 17.3 Å². The van der Waals surface area contributed by atoms with Gasteiger partial charge in [-0.05, 0) is 71.5 Å². The molecule has 0 radical (unpaired) electrons. The zero-order chi connectivity index (χ0) is 15.2. The first-order chi connectivity index (χ1) is 10.0. The van der Waals surface area contributed by atoms with Gasteiger partial charge in [0.25, 0.3) is 0 Å². The van der Waals surface area contributed by atoms with Crippen LogP contribution in [0.5, 0.6) is 5.75 Å². The van der Waals surface area contributed by atoms with Gasteiger partial charge in [0.15, 0.2) is 0 Å². The molecule has 0 aliphatic carbocycles. The zero-order valence-corrected chi connectivity index (χ0v) is 14.6. The number of aliphatic hydroxyl groups is 1. The molecular weight excluding hydrogens is 401 g/mol. The number of aryl methyl sites for hydroxylation is 1. The number of hydrogen-bond acceptors (Lipinski definition) is 3. The van der Waals surface area contributed by atoms with E-state index in [1.807, 2.05) is 37.3 Å². The summed E-state index contributed by atoms with van der Waals surface area (Å²) in [6, 6.07) is 13.5. The predicted molar refractivity (Wildman–Crippen MR) is 95.3 cm³/mol. The molecule has 2 aromatic carbocycles. The van der Waals surface area contributed by atoms with E-state index in [1.165, 1.54) is 0 Å². The number of nitrogens with one attached hydrogen (secondary N) is 1. The van der Waals surface area contributed by atoms with Gasteiger partial charge in [-0.3, -0.25) is 0 Å². The SMILES string of the molecule is Cc1cc(OCC(O)CNc2cccc(I)c2)ccc1Cl. The van der Waals surface area contributed by atoms with Gasteiger partial charge in [-0.2, -0.15) is 0 Å². The molecule has 0 aliphatic heterocycles. The van der Waals surface area contributed by atoms with Gasteiger partial charge < -0.3 is 15.2 Å². The smallest absolute Gasteiger partial charge is 0.119 e. The Morgan fingerprint density at radius 2 is 2.10 bits per heavy atom. The Labute approximate surface area is 143 Å². The molecule has 0 bridgehead atoms. The first-order valence-corrected chi connectivity index (χ1v) is 8.07. The lowest BCUT2D eigenvalue weighted by molar-refractivity contribution is 0.117. The van der Waals surface area contributed by atoms with Crippen molar-refractivity contribution < 1.29 is 9.84 Å². The quantitative estimate of drug-likeness (QED) is 0.695. The average molecular weight is 418 g/mol. The highest BCUT2D eigenvalue weighted by Crippen LogP contribution is 2.21. The van der Waals surface area contributed by atoms with Crippen LogP contribution in [0.25, 0.3) is 0 Å². The Kier molecular flexibility index (Phi) is 6.14. The van der Waals surface area contributed by atoms with Gasteiger partial charge in [-0.25, -0.2) is 0 Å². The molecule has 0 saturated heterocycles. The minimum atomic E-state index is -0.584. The van der Waals surface area contributed by atoms with E-state index in [9.17, 15) is 5.11 Å². The molecule has 1 unspecified atom stereocenters. The molecule has 0 heterocycles. The molecular formula is C16H17ClINO2.